The number of ether oxygens (including phenoxy) is 1. The maximum atomic E-state index is 12.3. The monoisotopic (exact) mass is 309 g/mol. The highest BCUT2D eigenvalue weighted by molar-refractivity contribution is 5.95. The van der Waals surface area contributed by atoms with Crippen LogP contribution in [0.2, 0.25) is 0 Å². The number of hydrogen-bond acceptors (Lipinski definition) is 4. The van der Waals surface area contributed by atoms with Gasteiger partial charge < -0.3 is 20.3 Å². The van der Waals surface area contributed by atoms with Gasteiger partial charge in [0.15, 0.2) is 6.61 Å². The number of aliphatic hydroxyl groups is 1. The highest BCUT2D eigenvalue weighted by Gasteiger charge is 2.21. The van der Waals surface area contributed by atoms with Crippen LogP contribution in [0.1, 0.15) is 41.8 Å². The van der Waals surface area contributed by atoms with E-state index in [-0.39, 0.29) is 12.5 Å². The fourth-order valence-electron chi connectivity index (χ4n) is 2.16. The van der Waals surface area contributed by atoms with Crippen LogP contribution in [0.3, 0.4) is 0 Å². The second-order valence-corrected chi connectivity index (χ2v) is 5.93. The molecule has 6 heteroatoms. The Bertz CT molecular complexity index is 543. The van der Waals surface area contributed by atoms with Crippen LogP contribution in [-0.2, 0) is 4.79 Å². The molecule has 1 aromatic carbocycles. The third-order valence-electron chi connectivity index (χ3n) is 3.25. The fraction of sp³-hybridized carbons (Fsp3) is 0.500. The number of hydrogen-bond donors (Lipinski definition) is 3. The second kappa shape index (κ2) is 7.26. The van der Waals surface area contributed by atoms with Gasteiger partial charge in [0, 0.05) is 17.7 Å². The van der Waals surface area contributed by atoms with E-state index in [1.54, 1.807) is 26.0 Å². The van der Waals surface area contributed by atoms with E-state index < -0.39 is 18.1 Å². The number of carbonyl (C=O) groups excluding carboxylic acids is 1. The van der Waals surface area contributed by atoms with Crippen molar-refractivity contribution in [2.24, 2.45) is 0 Å². The van der Waals surface area contributed by atoms with Crippen LogP contribution in [0.4, 0.5) is 0 Å². The molecule has 0 heterocycles. The van der Waals surface area contributed by atoms with Crippen LogP contribution in [0.5, 0.6) is 5.75 Å². The van der Waals surface area contributed by atoms with E-state index in [1.165, 1.54) is 0 Å². The van der Waals surface area contributed by atoms with E-state index in [0.29, 0.717) is 28.9 Å². The topological polar surface area (TPSA) is 95.9 Å². The van der Waals surface area contributed by atoms with Gasteiger partial charge in [-0.1, -0.05) is 0 Å². The molecule has 1 rings (SSSR count). The summed E-state index contributed by atoms with van der Waals surface area (Å²) in [7, 11) is 0. The van der Waals surface area contributed by atoms with E-state index >= 15 is 0 Å². The number of amides is 1. The fourth-order valence-corrected chi connectivity index (χ4v) is 2.16. The molecule has 0 atom stereocenters. The molecular formula is C16H23NO5. The first-order valence-electron chi connectivity index (χ1n) is 7.05. The van der Waals surface area contributed by atoms with Crippen LogP contribution in [-0.4, -0.2) is 40.8 Å². The summed E-state index contributed by atoms with van der Waals surface area (Å²) < 4.78 is 5.24. The Hall–Kier alpha value is -2.08. The predicted molar refractivity (Wildman–Crippen MR) is 82.3 cm³/mol. The minimum atomic E-state index is -1.05. The van der Waals surface area contributed by atoms with Gasteiger partial charge in [-0.2, -0.15) is 0 Å². The predicted octanol–water partition coefficient (Wildman–Crippen LogP) is 1.66. The number of aliphatic carboxylic acids is 1. The van der Waals surface area contributed by atoms with Crippen molar-refractivity contribution in [3.63, 3.8) is 0 Å². The van der Waals surface area contributed by atoms with Gasteiger partial charge in [-0.05, 0) is 57.4 Å². The zero-order chi connectivity index (χ0) is 16.9. The van der Waals surface area contributed by atoms with Gasteiger partial charge >= 0.3 is 5.97 Å². The van der Waals surface area contributed by atoms with Crippen molar-refractivity contribution in [1.29, 1.82) is 0 Å². The molecule has 0 saturated carbocycles. The van der Waals surface area contributed by atoms with Gasteiger partial charge in [0.1, 0.15) is 5.75 Å². The van der Waals surface area contributed by atoms with Crippen LogP contribution in [0.15, 0.2) is 12.1 Å². The summed E-state index contributed by atoms with van der Waals surface area (Å²) in [6.07, 6.45) is 0.455. The Kier molecular flexibility index (Phi) is 5.93. The lowest BCUT2D eigenvalue weighted by atomic mass is 9.99. The maximum Gasteiger partial charge on any atom is 0.341 e. The number of benzene rings is 1. The molecule has 22 heavy (non-hydrogen) atoms. The molecule has 0 aliphatic heterocycles. The Morgan fingerprint density at radius 2 is 1.77 bits per heavy atom. The quantitative estimate of drug-likeness (QED) is 0.712. The molecule has 0 aliphatic rings. The van der Waals surface area contributed by atoms with Crippen molar-refractivity contribution in [3.05, 3.63) is 28.8 Å². The number of nitrogens with one attached hydrogen (secondary N) is 1. The number of carbonyl (C=O) groups is 2. The molecule has 3 N–H and O–H groups in total. The summed E-state index contributed by atoms with van der Waals surface area (Å²) in [6, 6.07) is 3.32. The summed E-state index contributed by atoms with van der Waals surface area (Å²) in [6.45, 7) is 6.78. The van der Waals surface area contributed by atoms with Crippen molar-refractivity contribution in [3.8, 4) is 5.75 Å². The average Bonchev–Trinajstić information content (AvgIpc) is 2.36. The molecule has 0 unspecified atom stereocenters. The van der Waals surface area contributed by atoms with E-state index in [0.717, 1.165) is 0 Å². The van der Waals surface area contributed by atoms with E-state index in [1.807, 2.05) is 13.8 Å². The molecule has 0 saturated heterocycles. The minimum absolute atomic E-state index is 0.00665. The first-order valence-corrected chi connectivity index (χ1v) is 7.05. The summed E-state index contributed by atoms with van der Waals surface area (Å²) >= 11 is 0. The SMILES string of the molecule is Cc1cc(C(=O)NC(C)(C)CCO)cc(C)c1OCC(=O)O. The molecule has 0 spiro atoms. The van der Waals surface area contributed by atoms with E-state index in [2.05, 4.69) is 5.32 Å². The first-order chi connectivity index (χ1) is 10.2. The molecule has 6 nitrogen and oxygen atoms in total. The molecule has 0 fully saturated rings. The number of rotatable bonds is 7. The lowest BCUT2D eigenvalue weighted by Crippen LogP contribution is -2.44. The van der Waals surface area contributed by atoms with Crippen molar-refractivity contribution < 1.29 is 24.5 Å². The van der Waals surface area contributed by atoms with Gasteiger partial charge in [0.2, 0.25) is 0 Å². The average molecular weight is 309 g/mol. The molecule has 122 valence electrons. The highest BCUT2D eigenvalue weighted by atomic mass is 16.5. The Balaban J connectivity index is 2.94. The second-order valence-electron chi connectivity index (χ2n) is 5.93. The number of carboxylic acids is 1. The smallest absolute Gasteiger partial charge is 0.341 e. The number of aliphatic hydroxyl groups excluding tert-OH is 1. The summed E-state index contributed by atoms with van der Waals surface area (Å²) in [5.74, 6) is -0.811. The highest BCUT2D eigenvalue weighted by Crippen LogP contribution is 2.25. The first kappa shape index (κ1) is 18.0. The zero-order valence-corrected chi connectivity index (χ0v) is 13.4. The van der Waals surface area contributed by atoms with Gasteiger partial charge in [-0.15, -0.1) is 0 Å². The van der Waals surface area contributed by atoms with Crippen molar-refractivity contribution in [2.75, 3.05) is 13.2 Å². The van der Waals surface area contributed by atoms with Gasteiger partial charge in [-0.25, -0.2) is 4.79 Å². The van der Waals surface area contributed by atoms with E-state index in [9.17, 15) is 9.59 Å². The molecule has 1 aromatic rings. The number of carboxylic acid groups (broad SMARTS) is 1. The normalized spacial score (nSPS) is 11.1. The largest absolute Gasteiger partial charge is 0.481 e. The Morgan fingerprint density at radius 3 is 2.23 bits per heavy atom. The van der Waals surface area contributed by atoms with Gasteiger partial charge in [0.05, 0.1) is 0 Å². The van der Waals surface area contributed by atoms with Crippen molar-refractivity contribution in [1.82, 2.24) is 5.32 Å². The number of aryl methyl sites for hydroxylation is 2. The summed E-state index contributed by atoms with van der Waals surface area (Å²) in [5.41, 5.74) is 1.37. The lowest BCUT2D eigenvalue weighted by Gasteiger charge is -2.25. The molecule has 0 radical (unpaired) electrons. The van der Waals surface area contributed by atoms with Gasteiger partial charge in [0.25, 0.3) is 5.91 Å². The summed E-state index contributed by atoms with van der Waals surface area (Å²) in [4.78, 5) is 22.9. The minimum Gasteiger partial charge on any atom is -0.481 e. The van der Waals surface area contributed by atoms with Crippen LogP contribution < -0.4 is 10.1 Å². The van der Waals surface area contributed by atoms with Gasteiger partial charge in [-0.3, -0.25) is 4.79 Å². The van der Waals surface area contributed by atoms with Crippen LogP contribution in [0.25, 0.3) is 0 Å². The summed E-state index contributed by atoms with van der Waals surface area (Å²) in [5, 5.41) is 20.5. The zero-order valence-electron chi connectivity index (χ0n) is 13.4. The molecule has 1 amide bonds. The third kappa shape index (κ3) is 5.04. The maximum absolute atomic E-state index is 12.3. The van der Waals surface area contributed by atoms with Crippen LogP contribution in [0, 0.1) is 13.8 Å². The Labute approximate surface area is 130 Å². The van der Waals surface area contributed by atoms with E-state index in [4.69, 9.17) is 14.9 Å². The molecule has 0 bridgehead atoms. The molecule has 0 aromatic heterocycles. The molecule has 0 aliphatic carbocycles. The Morgan fingerprint density at radius 1 is 1.23 bits per heavy atom. The lowest BCUT2D eigenvalue weighted by molar-refractivity contribution is -0.139. The third-order valence-corrected chi connectivity index (χ3v) is 3.25. The van der Waals surface area contributed by atoms with Crippen molar-refractivity contribution >= 4 is 11.9 Å². The van der Waals surface area contributed by atoms with Crippen LogP contribution >= 0.6 is 0 Å². The van der Waals surface area contributed by atoms with Crippen molar-refractivity contribution in [2.45, 2.75) is 39.7 Å². The molecular weight excluding hydrogens is 286 g/mol. The standard InChI is InChI=1S/C16H23NO5/c1-10-7-12(15(21)17-16(3,4)5-6-18)8-11(2)14(10)22-9-13(19)20/h7-8,18H,5-6,9H2,1-4H3,(H,17,21)(H,19,20).